The highest BCUT2D eigenvalue weighted by atomic mass is 16.7. The number of hydrogen-bond acceptors (Lipinski definition) is 19. The molecule has 0 aromatic rings. The zero-order valence-electron chi connectivity index (χ0n) is 39.8. The quantitative estimate of drug-likeness (QED) is 0.0822. The van der Waals surface area contributed by atoms with Crippen LogP contribution in [0.1, 0.15) is 106 Å². The van der Waals surface area contributed by atoms with Gasteiger partial charge in [-0.3, -0.25) is 9.59 Å². The van der Waals surface area contributed by atoms with Gasteiger partial charge in [-0.25, -0.2) is 0 Å². The van der Waals surface area contributed by atoms with E-state index in [0.29, 0.717) is 38.5 Å². The number of aliphatic hydroxyl groups is 10. The molecule has 0 aromatic carbocycles. The molecule has 8 rings (SSSR count). The maximum atomic E-state index is 14.8. The van der Waals surface area contributed by atoms with Gasteiger partial charge >= 0.3 is 11.9 Å². The summed E-state index contributed by atoms with van der Waals surface area (Å²) in [6.45, 7) is 11.7. The maximum absolute atomic E-state index is 14.8. The molecule has 3 saturated heterocycles. The van der Waals surface area contributed by atoms with Crippen LogP contribution in [0.3, 0.4) is 0 Å². The van der Waals surface area contributed by atoms with E-state index in [4.69, 9.17) is 33.2 Å². The van der Waals surface area contributed by atoms with Gasteiger partial charge in [0.25, 0.3) is 0 Å². The van der Waals surface area contributed by atoms with E-state index in [1.54, 1.807) is 0 Å². The molecule has 19 heteroatoms. The second kappa shape index (κ2) is 18.3. The summed E-state index contributed by atoms with van der Waals surface area (Å²) in [4.78, 5) is 28.3. The highest BCUT2D eigenvalue weighted by molar-refractivity contribution is 5.81. The molecule has 0 unspecified atom stereocenters. The molecule has 3 aliphatic heterocycles. The number of carbonyl (C=O) groups is 2. The van der Waals surface area contributed by atoms with Crippen molar-refractivity contribution in [2.75, 3.05) is 26.9 Å². The van der Waals surface area contributed by atoms with Crippen molar-refractivity contribution in [2.24, 2.45) is 50.2 Å². The van der Waals surface area contributed by atoms with Gasteiger partial charge in [0.2, 0.25) is 6.29 Å². The first kappa shape index (κ1) is 51.4. The monoisotopic (exact) mass is 956 g/mol. The van der Waals surface area contributed by atoms with Crippen LogP contribution in [0.2, 0.25) is 0 Å². The number of allylic oxidation sites excluding steroid dienone is 2. The van der Waals surface area contributed by atoms with Gasteiger partial charge in [0, 0.05) is 0 Å². The average Bonchev–Trinajstić information content (AvgIpc) is 3.29. The Balaban J connectivity index is 1.03. The lowest BCUT2D eigenvalue weighted by Gasteiger charge is -2.71. The Morgan fingerprint density at radius 3 is 1.91 bits per heavy atom. The predicted octanol–water partition coefficient (Wildman–Crippen LogP) is -0.0673. The molecule has 23 atom stereocenters. The Kier molecular flexibility index (Phi) is 14.0. The fourth-order valence-electron chi connectivity index (χ4n) is 15.0. The average molecular weight is 957 g/mol. The minimum absolute atomic E-state index is 0.163. The Morgan fingerprint density at radius 1 is 0.672 bits per heavy atom. The first-order valence-electron chi connectivity index (χ1n) is 24.3. The van der Waals surface area contributed by atoms with Crippen molar-refractivity contribution in [3.8, 4) is 0 Å². The Hall–Kier alpha value is -1.92. The van der Waals surface area contributed by atoms with E-state index in [0.717, 1.165) is 31.3 Å². The van der Waals surface area contributed by atoms with Crippen LogP contribution in [-0.2, 0) is 42.7 Å². The molecule has 0 amide bonds. The first-order chi connectivity index (χ1) is 31.4. The van der Waals surface area contributed by atoms with Gasteiger partial charge in [-0.2, -0.15) is 0 Å². The van der Waals surface area contributed by atoms with Gasteiger partial charge in [0.1, 0.15) is 67.1 Å². The van der Waals surface area contributed by atoms with Crippen molar-refractivity contribution in [3.63, 3.8) is 0 Å². The number of ether oxygens (including phenoxy) is 7. The molecule has 19 nitrogen and oxygen atoms in total. The number of fused-ring (bicyclic) bond motifs is 7. The van der Waals surface area contributed by atoms with E-state index in [1.165, 1.54) is 7.11 Å². The Labute approximate surface area is 391 Å². The number of carbonyl (C=O) groups excluding carboxylic acids is 2. The number of aliphatic hydroxyl groups excluding tert-OH is 10. The SMILES string of the molecule is COC(=O)[C@]1(C)CC[C@]2(C(=O)O[C@@H]3O[C@H](CO)[C@@H](O)[C@H](O)[C@H]3O)CC[C@]3(C)C(=CC[C@@H]4[C@@]5(C)CC[C@H](O[C@@H]6OC[C@H](O)[C@H](O[C@@H]7O[C@H](CO)[C@@H](O)[C@H](O)[C@H]7O)[C@H]6O)C(C)(C)[C@@H]5CC[C@]43C)[C@@H]2C1. The normalized spacial score (nSPS) is 52.9. The topological polar surface area (TPSA) is 301 Å². The molecule has 0 aromatic heterocycles. The first-order valence-corrected chi connectivity index (χ1v) is 24.3. The van der Waals surface area contributed by atoms with Gasteiger partial charge in [0.05, 0.1) is 43.9 Å². The number of rotatable bonds is 9. The second-order valence-corrected chi connectivity index (χ2v) is 22.9. The summed E-state index contributed by atoms with van der Waals surface area (Å²) >= 11 is 0. The molecule has 0 radical (unpaired) electrons. The van der Waals surface area contributed by atoms with Crippen LogP contribution < -0.4 is 0 Å². The molecule has 4 saturated carbocycles. The summed E-state index contributed by atoms with van der Waals surface area (Å²) < 4.78 is 40.8. The largest absolute Gasteiger partial charge is 0.469 e. The van der Waals surface area contributed by atoms with Gasteiger partial charge in [0.15, 0.2) is 12.6 Å². The van der Waals surface area contributed by atoms with Crippen molar-refractivity contribution >= 4 is 11.9 Å². The summed E-state index contributed by atoms with van der Waals surface area (Å²) in [6.07, 6.45) is -13.5. The van der Waals surface area contributed by atoms with E-state index in [-0.39, 0.29) is 41.3 Å². The smallest absolute Gasteiger partial charge is 0.315 e. The molecule has 7 fully saturated rings. The van der Waals surface area contributed by atoms with E-state index < -0.39 is 133 Å². The molecular formula is C48H76O19. The Bertz CT molecular complexity index is 1860. The molecule has 67 heavy (non-hydrogen) atoms. The highest BCUT2D eigenvalue weighted by Gasteiger charge is 2.71. The lowest BCUT2D eigenvalue weighted by molar-refractivity contribution is -0.357. The molecule has 5 aliphatic carbocycles. The summed E-state index contributed by atoms with van der Waals surface area (Å²) in [6, 6.07) is 0. The van der Waals surface area contributed by atoms with E-state index in [9.17, 15) is 60.7 Å². The number of methoxy groups -OCH3 is 1. The summed E-state index contributed by atoms with van der Waals surface area (Å²) in [5.74, 6) is -1.03. The van der Waals surface area contributed by atoms with Crippen LogP contribution in [0.15, 0.2) is 11.6 Å². The van der Waals surface area contributed by atoms with Gasteiger partial charge < -0.3 is 84.2 Å². The van der Waals surface area contributed by atoms with Crippen LogP contribution in [0, 0.1) is 50.2 Å². The highest BCUT2D eigenvalue weighted by Crippen LogP contribution is 2.76. The zero-order chi connectivity index (χ0) is 49.0. The standard InChI is InChI=1S/C48H76O19/c1-43(2)27-10-13-47(6)28(45(27,4)12-11-29(43)65-38-36(58)37(24(51)21-62-38)66-39-34(56)32(54)30(52)25(19-49)63-39)9-8-22-23-18-44(3,41(59)61-7)14-16-48(23,17-15-46(22,47)5)42(60)67-40-35(57)33(55)31(53)26(20-50)64-40/h8,23-40,49-58H,9-21H2,1-7H3/t23-,24-,25+,26+,27-,28+,29-,30+,31+,32-,33-,34+,35+,36+,37-,38-,39-,40-,44+,45-,46+,47+,48-/m0/s1. The fraction of sp³-hybridized carbons (Fsp3) is 0.917. The molecule has 10 N–H and O–H groups in total. The minimum atomic E-state index is -1.76. The lowest BCUT2D eigenvalue weighted by Crippen LogP contribution is -2.66. The minimum Gasteiger partial charge on any atom is -0.469 e. The molecule has 3 heterocycles. The van der Waals surface area contributed by atoms with Gasteiger partial charge in [-0.05, 0) is 111 Å². The van der Waals surface area contributed by atoms with E-state index in [2.05, 4.69) is 40.7 Å². The molecule has 8 aliphatic rings. The zero-order valence-corrected chi connectivity index (χ0v) is 39.8. The van der Waals surface area contributed by atoms with Gasteiger partial charge in [-0.1, -0.05) is 46.3 Å². The molecule has 382 valence electrons. The van der Waals surface area contributed by atoms with Crippen molar-refractivity contribution in [2.45, 2.75) is 198 Å². The molecular weight excluding hydrogens is 881 g/mol. The third kappa shape index (κ3) is 7.97. The van der Waals surface area contributed by atoms with Crippen LogP contribution in [-0.4, -0.2) is 182 Å². The van der Waals surface area contributed by atoms with Crippen molar-refractivity contribution < 1.29 is 93.8 Å². The van der Waals surface area contributed by atoms with Crippen LogP contribution >= 0.6 is 0 Å². The third-order valence-electron chi connectivity index (χ3n) is 19.4. The lowest BCUT2D eigenvalue weighted by atomic mass is 9.33. The summed E-state index contributed by atoms with van der Waals surface area (Å²) in [5, 5.41) is 105. The summed E-state index contributed by atoms with van der Waals surface area (Å²) in [5.41, 5.74) is -2.14. The Morgan fingerprint density at radius 2 is 1.28 bits per heavy atom. The fourth-order valence-corrected chi connectivity index (χ4v) is 15.0. The maximum Gasteiger partial charge on any atom is 0.315 e. The van der Waals surface area contributed by atoms with Crippen LogP contribution in [0.5, 0.6) is 0 Å². The summed E-state index contributed by atoms with van der Waals surface area (Å²) in [7, 11) is 1.37. The van der Waals surface area contributed by atoms with Gasteiger partial charge in [-0.15, -0.1) is 0 Å². The second-order valence-electron chi connectivity index (χ2n) is 22.9. The molecule has 0 bridgehead atoms. The predicted molar refractivity (Wildman–Crippen MR) is 231 cm³/mol. The number of esters is 2. The van der Waals surface area contributed by atoms with Crippen molar-refractivity contribution in [1.82, 2.24) is 0 Å². The van der Waals surface area contributed by atoms with E-state index >= 15 is 0 Å². The number of hydrogen-bond donors (Lipinski definition) is 10. The van der Waals surface area contributed by atoms with Crippen molar-refractivity contribution in [1.29, 1.82) is 0 Å². The van der Waals surface area contributed by atoms with Crippen molar-refractivity contribution in [3.05, 3.63) is 11.6 Å². The van der Waals surface area contributed by atoms with E-state index in [1.807, 2.05) is 6.92 Å². The molecule has 0 spiro atoms. The third-order valence-corrected chi connectivity index (χ3v) is 19.4. The van der Waals surface area contributed by atoms with Crippen LogP contribution in [0.25, 0.3) is 0 Å². The van der Waals surface area contributed by atoms with Crippen LogP contribution in [0.4, 0.5) is 0 Å².